The molecule has 1 amide bonds. The predicted octanol–water partition coefficient (Wildman–Crippen LogP) is 2.40. The Kier molecular flexibility index (Phi) is 4.33. The number of halogens is 1. The standard InChI is InChI=1S/C12H13ClN2O/c1-9-4-3-5-10(2)12(9)15(7-6-14)11(16)8-13/h3-5H,7-8H2,1-2H3. The topological polar surface area (TPSA) is 44.1 Å². The van der Waals surface area contributed by atoms with Crippen LogP contribution < -0.4 is 4.90 Å². The number of benzene rings is 1. The summed E-state index contributed by atoms with van der Waals surface area (Å²) in [5, 5.41) is 8.74. The van der Waals surface area contributed by atoms with Crippen molar-refractivity contribution in [2.45, 2.75) is 13.8 Å². The molecule has 0 N–H and O–H groups in total. The molecule has 0 atom stereocenters. The molecule has 0 aliphatic carbocycles. The highest BCUT2D eigenvalue weighted by molar-refractivity contribution is 6.29. The van der Waals surface area contributed by atoms with Crippen LogP contribution in [0.1, 0.15) is 11.1 Å². The van der Waals surface area contributed by atoms with E-state index in [0.717, 1.165) is 16.8 Å². The number of nitrogens with zero attached hydrogens (tertiary/aromatic N) is 2. The summed E-state index contributed by atoms with van der Waals surface area (Å²) in [6, 6.07) is 7.72. The fourth-order valence-corrected chi connectivity index (χ4v) is 1.81. The second-order valence-corrected chi connectivity index (χ2v) is 3.78. The lowest BCUT2D eigenvalue weighted by molar-refractivity contribution is -0.116. The van der Waals surface area contributed by atoms with Gasteiger partial charge in [0.15, 0.2) is 0 Å². The van der Waals surface area contributed by atoms with Gasteiger partial charge in [0, 0.05) is 0 Å². The van der Waals surface area contributed by atoms with Gasteiger partial charge < -0.3 is 0 Å². The fourth-order valence-electron chi connectivity index (χ4n) is 1.67. The third kappa shape index (κ3) is 2.53. The summed E-state index contributed by atoms with van der Waals surface area (Å²) in [5.74, 6) is -0.365. The molecule has 0 fully saturated rings. The summed E-state index contributed by atoms with van der Waals surface area (Å²) in [6.45, 7) is 3.85. The first kappa shape index (κ1) is 12.5. The van der Waals surface area contributed by atoms with Gasteiger partial charge in [0.2, 0.25) is 5.91 Å². The lowest BCUT2D eigenvalue weighted by Gasteiger charge is -2.22. The highest BCUT2D eigenvalue weighted by Crippen LogP contribution is 2.24. The Balaban J connectivity index is 3.21. The zero-order valence-electron chi connectivity index (χ0n) is 9.33. The number of carbonyl (C=O) groups excluding carboxylic acids is 1. The average Bonchev–Trinajstić information content (AvgIpc) is 2.26. The van der Waals surface area contributed by atoms with Crippen molar-refractivity contribution in [1.82, 2.24) is 0 Å². The molecule has 3 nitrogen and oxygen atoms in total. The smallest absolute Gasteiger partial charge is 0.242 e. The molecule has 0 radical (unpaired) electrons. The van der Waals surface area contributed by atoms with Gasteiger partial charge in [-0.1, -0.05) is 18.2 Å². The number of nitriles is 1. The minimum absolute atomic E-state index is 0.0250. The van der Waals surface area contributed by atoms with Crippen molar-refractivity contribution in [3.05, 3.63) is 29.3 Å². The SMILES string of the molecule is Cc1cccc(C)c1N(CC#N)C(=O)CCl. The summed E-state index contributed by atoms with van der Waals surface area (Å²) < 4.78 is 0. The monoisotopic (exact) mass is 236 g/mol. The summed E-state index contributed by atoms with van der Waals surface area (Å²) >= 11 is 5.54. The van der Waals surface area contributed by atoms with E-state index in [1.807, 2.05) is 38.1 Å². The number of aryl methyl sites for hydroxylation is 2. The molecule has 0 saturated carbocycles. The van der Waals surface area contributed by atoms with Crippen LogP contribution in [-0.2, 0) is 4.79 Å². The van der Waals surface area contributed by atoms with Crippen LogP contribution in [0.4, 0.5) is 5.69 Å². The Hall–Kier alpha value is -1.53. The first-order valence-corrected chi connectivity index (χ1v) is 5.44. The quantitative estimate of drug-likeness (QED) is 0.598. The Morgan fingerprint density at radius 1 is 1.44 bits per heavy atom. The van der Waals surface area contributed by atoms with Crippen LogP contribution in [0.3, 0.4) is 0 Å². The van der Waals surface area contributed by atoms with Crippen LogP contribution in [0, 0.1) is 25.2 Å². The van der Waals surface area contributed by atoms with Crippen molar-refractivity contribution in [1.29, 1.82) is 5.26 Å². The van der Waals surface area contributed by atoms with E-state index in [4.69, 9.17) is 16.9 Å². The van der Waals surface area contributed by atoms with E-state index in [0.29, 0.717) is 0 Å². The lowest BCUT2D eigenvalue weighted by atomic mass is 10.1. The molecule has 0 spiro atoms. The van der Waals surface area contributed by atoms with Gasteiger partial charge >= 0.3 is 0 Å². The van der Waals surface area contributed by atoms with Gasteiger partial charge in [-0.3, -0.25) is 9.69 Å². The van der Waals surface area contributed by atoms with Crippen molar-refractivity contribution < 1.29 is 4.79 Å². The van der Waals surface area contributed by atoms with Gasteiger partial charge in [-0.15, -0.1) is 11.6 Å². The number of alkyl halides is 1. The van der Waals surface area contributed by atoms with Crippen LogP contribution in [0.25, 0.3) is 0 Å². The third-order valence-corrected chi connectivity index (χ3v) is 2.58. The summed E-state index contributed by atoms with van der Waals surface area (Å²) in [7, 11) is 0. The maximum Gasteiger partial charge on any atom is 0.242 e. The summed E-state index contributed by atoms with van der Waals surface area (Å²) in [6.07, 6.45) is 0. The highest BCUT2D eigenvalue weighted by atomic mass is 35.5. The highest BCUT2D eigenvalue weighted by Gasteiger charge is 2.17. The summed E-state index contributed by atoms with van der Waals surface area (Å²) in [5.41, 5.74) is 2.72. The van der Waals surface area contributed by atoms with Crippen molar-refractivity contribution in [3.63, 3.8) is 0 Å². The number of para-hydroxylation sites is 1. The Morgan fingerprint density at radius 3 is 2.44 bits per heavy atom. The van der Waals surface area contributed by atoms with Crippen molar-refractivity contribution in [2.75, 3.05) is 17.3 Å². The molecule has 1 aromatic carbocycles. The van der Waals surface area contributed by atoms with E-state index in [1.165, 1.54) is 4.90 Å². The second kappa shape index (κ2) is 5.53. The van der Waals surface area contributed by atoms with Crippen LogP contribution in [0.2, 0.25) is 0 Å². The minimum Gasteiger partial charge on any atom is -0.297 e. The lowest BCUT2D eigenvalue weighted by Crippen LogP contribution is -2.33. The van der Waals surface area contributed by atoms with Crippen LogP contribution in [0.15, 0.2) is 18.2 Å². The number of amides is 1. The second-order valence-electron chi connectivity index (χ2n) is 3.51. The molecule has 0 unspecified atom stereocenters. The number of anilines is 1. The Bertz CT molecular complexity index is 417. The molecule has 0 heterocycles. The molecule has 1 aromatic rings. The zero-order chi connectivity index (χ0) is 12.1. The van der Waals surface area contributed by atoms with Crippen molar-refractivity contribution >= 4 is 23.2 Å². The largest absolute Gasteiger partial charge is 0.297 e. The zero-order valence-corrected chi connectivity index (χ0v) is 10.1. The van der Waals surface area contributed by atoms with E-state index >= 15 is 0 Å². The number of rotatable bonds is 3. The first-order valence-electron chi connectivity index (χ1n) is 4.91. The molecule has 0 aliphatic heterocycles. The molecule has 0 aliphatic rings. The van der Waals surface area contributed by atoms with Gasteiger partial charge in [0.25, 0.3) is 0 Å². The van der Waals surface area contributed by atoms with Gasteiger partial charge in [0.1, 0.15) is 12.4 Å². The van der Waals surface area contributed by atoms with Crippen LogP contribution in [0.5, 0.6) is 0 Å². The van der Waals surface area contributed by atoms with Gasteiger partial charge in [0.05, 0.1) is 11.8 Å². The minimum atomic E-state index is -0.249. The van der Waals surface area contributed by atoms with E-state index in [2.05, 4.69) is 0 Å². The van der Waals surface area contributed by atoms with Gasteiger partial charge in [-0.2, -0.15) is 5.26 Å². The number of hydrogen-bond acceptors (Lipinski definition) is 2. The summed E-state index contributed by atoms with van der Waals surface area (Å²) in [4.78, 5) is 13.1. The Labute approximate surface area is 100 Å². The van der Waals surface area contributed by atoms with Gasteiger partial charge in [-0.05, 0) is 25.0 Å². The normalized spacial score (nSPS) is 9.62. The number of hydrogen-bond donors (Lipinski definition) is 0. The molecule has 0 saturated heterocycles. The predicted molar refractivity (Wildman–Crippen MR) is 64.6 cm³/mol. The molecule has 16 heavy (non-hydrogen) atoms. The first-order chi connectivity index (χ1) is 7.61. The van der Waals surface area contributed by atoms with Crippen LogP contribution in [-0.4, -0.2) is 18.3 Å². The molecule has 84 valence electrons. The van der Waals surface area contributed by atoms with Gasteiger partial charge in [-0.25, -0.2) is 0 Å². The maximum atomic E-state index is 11.6. The molecular weight excluding hydrogens is 224 g/mol. The Morgan fingerprint density at radius 2 is 2.00 bits per heavy atom. The van der Waals surface area contributed by atoms with E-state index in [-0.39, 0.29) is 18.3 Å². The van der Waals surface area contributed by atoms with Crippen molar-refractivity contribution in [2.24, 2.45) is 0 Å². The molecule has 4 heteroatoms. The van der Waals surface area contributed by atoms with E-state index < -0.39 is 0 Å². The van der Waals surface area contributed by atoms with E-state index in [9.17, 15) is 4.79 Å². The maximum absolute atomic E-state index is 11.6. The van der Waals surface area contributed by atoms with E-state index in [1.54, 1.807) is 0 Å². The molecule has 0 bridgehead atoms. The average molecular weight is 237 g/mol. The molecule has 1 rings (SSSR count). The molecule has 0 aromatic heterocycles. The fraction of sp³-hybridized carbons (Fsp3) is 0.333. The van der Waals surface area contributed by atoms with Crippen LogP contribution >= 0.6 is 11.6 Å². The van der Waals surface area contributed by atoms with Crippen molar-refractivity contribution in [3.8, 4) is 6.07 Å². The third-order valence-electron chi connectivity index (χ3n) is 2.35. The molecular formula is C12H13ClN2O. The number of carbonyl (C=O) groups is 1.